The molecule has 4 unspecified atom stereocenters. The van der Waals surface area contributed by atoms with Crippen molar-refractivity contribution in [3.63, 3.8) is 0 Å². The number of fused-ring (bicyclic) bond motifs is 3. The maximum absolute atomic E-state index is 13.8. The number of rotatable bonds is 4. The SMILES string of the molecule is COc1cc(C2C3=CCC4C(=O)N(Cc5ccccc5)C(=O)C4C3CC3=C2C(=O)C(C)=CC3=O)cc(Cl)c1O. The fourth-order valence-corrected chi connectivity index (χ4v) is 6.86. The highest BCUT2D eigenvalue weighted by Gasteiger charge is 2.56. The molecule has 1 aliphatic heterocycles. The minimum absolute atomic E-state index is 0.0471. The molecule has 1 saturated heterocycles. The first kappa shape index (κ1) is 25.3. The lowest BCUT2D eigenvalue weighted by Gasteiger charge is -2.42. The summed E-state index contributed by atoms with van der Waals surface area (Å²) < 4.78 is 5.33. The molecule has 4 aliphatic rings. The van der Waals surface area contributed by atoms with Crippen LogP contribution in [0.2, 0.25) is 5.02 Å². The van der Waals surface area contributed by atoms with Crippen LogP contribution < -0.4 is 4.74 Å². The number of carbonyl (C=O) groups is 4. The molecule has 0 aromatic heterocycles. The van der Waals surface area contributed by atoms with Gasteiger partial charge in [0.05, 0.1) is 30.5 Å². The van der Waals surface area contributed by atoms with Gasteiger partial charge in [-0.3, -0.25) is 24.1 Å². The highest BCUT2D eigenvalue weighted by Crippen LogP contribution is 2.56. The number of aromatic hydroxyl groups is 1. The number of phenolic OH excluding ortho intramolecular Hbond substituents is 1. The monoisotopic (exact) mass is 543 g/mol. The molecule has 0 spiro atoms. The van der Waals surface area contributed by atoms with E-state index in [1.807, 2.05) is 36.4 Å². The maximum atomic E-state index is 13.8. The Balaban J connectivity index is 1.47. The van der Waals surface area contributed by atoms with Crippen LogP contribution in [0.1, 0.15) is 36.8 Å². The van der Waals surface area contributed by atoms with Crippen LogP contribution in [0.25, 0.3) is 0 Å². The minimum atomic E-state index is -0.669. The zero-order valence-corrected chi connectivity index (χ0v) is 22.2. The van der Waals surface area contributed by atoms with Crippen LogP contribution in [0, 0.1) is 17.8 Å². The molecule has 1 fully saturated rings. The molecular formula is C31H26ClNO6. The molecule has 39 heavy (non-hydrogen) atoms. The molecule has 6 rings (SSSR count). The molecule has 7 nitrogen and oxygen atoms in total. The van der Waals surface area contributed by atoms with Gasteiger partial charge in [-0.1, -0.05) is 53.6 Å². The number of allylic oxidation sites excluding steroid dienone is 6. The lowest BCUT2D eigenvalue weighted by molar-refractivity contribution is -0.140. The van der Waals surface area contributed by atoms with Gasteiger partial charge in [-0.25, -0.2) is 0 Å². The van der Waals surface area contributed by atoms with E-state index in [1.54, 1.807) is 19.1 Å². The largest absolute Gasteiger partial charge is 0.503 e. The van der Waals surface area contributed by atoms with Crippen LogP contribution in [0.4, 0.5) is 0 Å². The van der Waals surface area contributed by atoms with Crippen LogP contribution >= 0.6 is 11.6 Å². The Morgan fingerprint density at radius 2 is 1.79 bits per heavy atom. The second kappa shape index (κ2) is 9.35. The fraction of sp³-hybridized carbons (Fsp3) is 0.290. The third kappa shape index (κ3) is 3.87. The first-order valence-corrected chi connectivity index (χ1v) is 13.2. The highest BCUT2D eigenvalue weighted by molar-refractivity contribution is 6.32. The zero-order chi connectivity index (χ0) is 27.6. The van der Waals surface area contributed by atoms with Gasteiger partial charge in [-0.05, 0) is 55.0 Å². The van der Waals surface area contributed by atoms with E-state index in [-0.39, 0.29) is 52.9 Å². The third-order valence-electron chi connectivity index (χ3n) is 8.44. The van der Waals surface area contributed by atoms with Gasteiger partial charge in [-0.15, -0.1) is 0 Å². The smallest absolute Gasteiger partial charge is 0.234 e. The number of hydrogen-bond donors (Lipinski definition) is 1. The van der Waals surface area contributed by atoms with Crippen molar-refractivity contribution >= 4 is 35.0 Å². The van der Waals surface area contributed by atoms with E-state index in [1.165, 1.54) is 18.1 Å². The lowest BCUT2D eigenvalue weighted by atomic mass is 9.59. The molecule has 0 bridgehead atoms. The molecule has 1 heterocycles. The lowest BCUT2D eigenvalue weighted by Crippen LogP contribution is -2.39. The van der Waals surface area contributed by atoms with Gasteiger partial charge in [0, 0.05) is 22.6 Å². The number of amides is 2. The van der Waals surface area contributed by atoms with E-state index in [2.05, 4.69) is 0 Å². The number of phenols is 1. The number of likely N-dealkylation sites (tertiary alicyclic amines) is 1. The van der Waals surface area contributed by atoms with Crippen molar-refractivity contribution in [2.45, 2.75) is 32.2 Å². The molecule has 3 aliphatic carbocycles. The summed E-state index contributed by atoms with van der Waals surface area (Å²) in [5, 5.41) is 10.4. The summed E-state index contributed by atoms with van der Waals surface area (Å²) in [6.45, 7) is 1.80. The van der Waals surface area contributed by atoms with Crippen LogP contribution in [-0.4, -0.2) is 40.5 Å². The number of nitrogens with zero attached hydrogens (tertiary/aromatic N) is 1. The molecule has 0 radical (unpaired) electrons. The van der Waals surface area contributed by atoms with Gasteiger partial charge in [0.1, 0.15) is 0 Å². The fourth-order valence-electron chi connectivity index (χ4n) is 6.64. The summed E-state index contributed by atoms with van der Waals surface area (Å²) in [5.74, 6) is -3.32. The second-order valence-corrected chi connectivity index (χ2v) is 10.9. The van der Waals surface area contributed by atoms with Crippen LogP contribution in [-0.2, 0) is 25.7 Å². The molecule has 198 valence electrons. The Kier molecular flexibility index (Phi) is 6.07. The number of methoxy groups -OCH3 is 1. The number of halogens is 1. The third-order valence-corrected chi connectivity index (χ3v) is 8.73. The maximum Gasteiger partial charge on any atom is 0.234 e. The summed E-state index contributed by atoms with van der Waals surface area (Å²) in [6, 6.07) is 12.5. The Labute approximate surface area is 230 Å². The number of ketones is 2. The number of Topliss-reactive ketones (excluding diaryl/α,β-unsaturated/α-hetero) is 1. The Morgan fingerprint density at radius 3 is 2.51 bits per heavy atom. The predicted octanol–water partition coefficient (Wildman–Crippen LogP) is 4.68. The van der Waals surface area contributed by atoms with Crippen molar-refractivity contribution in [2.75, 3.05) is 7.11 Å². The van der Waals surface area contributed by atoms with Crippen LogP contribution in [0.5, 0.6) is 11.5 Å². The van der Waals surface area contributed by atoms with Crippen molar-refractivity contribution in [1.82, 2.24) is 4.90 Å². The van der Waals surface area contributed by atoms with Crippen LogP contribution in [0.15, 0.2) is 76.9 Å². The highest BCUT2D eigenvalue weighted by atomic mass is 35.5. The van der Waals surface area contributed by atoms with Gasteiger partial charge < -0.3 is 9.84 Å². The number of benzene rings is 2. The Morgan fingerprint density at radius 1 is 1.05 bits per heavy atom. The van der Waals surface area contributed by atoms with Gasteiger partial charge in [0.2, 0.25) is 11.8 Å². The van der Waals surface area contributed by atoms with Crippen molar-refractivity contribution in [1.29, 1.82) is 0 Å². The predicted molar refractivity (Wildman–Crippen MR) is 143 cm³/mol. The number of hydrogen-bond acceptors (Lipinski definition) is 6. The van der Waals surface area contributed by atoms with E-state index in [9.17, 15) is 24.3 Å². The topological polar surface area (TPSA) is 101 Å². The van der Waals surface area contributed by atoms with E-state index in [0.717, 1.165) is 11.1 Å². The summed E-state index contributed by atoms with van der Waals surface area (Å²) in [5.41, 5.74) is 3.32. The van der Waals surface area contributed by atoms with E-state index < -0.39 is 23.7 Å². The minimum Gasteiger partial charge on any atom is -0.503 e. The first-order valence-electron chi connectivity index (χ1n) is 12.9. The zero-order valence-electron chi connectivity index (χ0n) is 21.4. The van der Waals surface area contributed by atoms with Gasteiger partial charge >= 0.3 is 0 Å². The van der Waals surface area contributed by atoms with Gasteiger partial charge in [0.25, 0.3) is 0 Å². The molecule has 4 atom stereocenters. The van der Waals surface area contributed by atoms with Gasteiger partial charge in [0.15, 0.2) is 23.1 Å². The molecule has 8 heteroatoms. The Hall–Kier alpha value is -3.97. The molecule has 2 aromatic carbocycles. The normalized spacial score (nSPS) is 26.2. The van der Waals surface area contributed by atoms with Crippen LogP contribution in [0.3, 0.4) is 0 Å². The van der Waals surface area contributed by atoms with Crippen molar-refractivity contribution < 1.29 is 29.0 Å². The standard InChI is InChI=1S/C31H26ClNO6/c1-15-10-23(34)21-13-20-18(25(27(21)28(15)35)17-11-22(32)29(36)24(12-17)39-2)8-9-19-26(20)31(38)33(30(19)37)14-16-6-4-3-5-7-16/h3-8,10-12,19-20,25-26,36H,9,13-14H2,1-2H3. The number of imide groups is 1. The van der Waals surface area contributed by atoms with Crippen molar-refractivity contribution in [2.24, 2.45) is 17.8 Å². The molecular weight excluding hydrogens is 518 g/mol. The number of ether oxygens (including phenoxy) is 1. The second-order valence-electron chi connectivity index (χ2n) is 10.5. The quantitative estimate of drug-likeness (QED) is 0.341. The first-order chi connectivity index (χ1) is 18.7. The van der Waals surface area contributed by atoms with Crippen molar-refractivity contribution in [3.8, 4) is 11.5 Å². The summed E-state index contributed by atoms with van der Waals surface area (Å²) in [7, 11) is 1.40. The van der Waals surface area contributed by atoms with E-state index in [0.29, 0.717) is 28.7 Å². The molecule has 2 amide bonds. The van der Waals surface area contributed by atoms with E-state index in [4.69, 9.17) is 16.3 Å². The molecule has 0 saturated carbocycles. The molecule has 1 N–H and O–H groups in total. The average molecular weight is 544 g/mol. The van der Waals surface area contributed by atoms with E-state index >= 15 is 0 Å². The summed E-state index contributed by atoms with van der Waals surface area (Å²) in [6.07, 6.45) is 3.86. The summed E-state index contributed by atoms with van der Waals surface area (Å²) >= 11 is 6.35. The average Bonchev–Trinajstić information content (AvgIpc) is 3.17. The number of carbonyl (C=O) groups excluding carboxylic acids is 4. The Bertz CT molecular complexity index is 1550. The van der Waals surface area contributed by atoms with Crippen molar-refractivity contribution in [3.05, 3.63) is 93.1 Å². The summed E-state index contributed by atoms with van der Waals surface area (Å²) in [4.78, 5) is 55.4. The van der Waals surface area contributed by atoms with Gasteiger partial charge in [-0.2, -0.15) is 0 Å². The molecule has 2 aromatic rings.